The quantitative estimate of drug-likeness (QED) is 0.625. The van der Waals surface area contributed by atoms with Crippen molar-refractivity contribution in [2.45, 2.75) is 11.7 Å². The predicted octanol–water partition coefficient (Wildman–Crippen LogP) is 1.74. The van der Waals surface area contributed by atoms with Gasteiger partial charge in [0.2, 0.25) is 11.8 Å². The van der Waals surface area contributed by atoms with Crippen LogP contribution in [-0.4, -0.2) is 33.9 Å². The minimum Gasteiger partial charge on any atom is -0.481 e. The number of nitrogens with zero attached hydrogens (tertiary/aromatic N) is 1. The minimum atomic E-state index is -0.988. The molecule has 100 valence electrons. The maximum absolute atomic E-state index is 12.1. The molecule has 0 saturated carbocycles. The summed E-state index contributed by atoms with van der Waals surface area (Å²) < 4.78 is 1.01. The van der Waals surface area contributed by atoms with Gasteiger partial charge in [-0.25, -0.2) is 4.90 Å². The van der Waals surface area contributed by atoms with Crippen LogP contribution in [0.4, 0.5) is 5.69 Å². The van der Waals surface area contributed by atoms with Crippen LogP contribution in [0, 0.1) is 3.57 Å². The molecule has 0 aliphatic carbocycles. The summed E-state index contributed by atoms with van der Waals surface area (Å²) in [7, 11) is 0. The van der Waals surface area contributed by atoms with Crippen LogP contribution in [0.25, 0.3) is 0 Å². The number of halogens is 1. The lowest BCUT2D eigenvalue weighted by Gasteiger charge is -2.14. The lowest BCUT2D eigenvalue weighted by atomic mass is 10.3. The van der Waals surface area contributed by atoms with Gasteiger partial charge in [-0.1, -0.05) is 0 Å². The molecule has 1 saturated heterocycles. The number of benzene rings is 1. The second-order valence-corrected chi connectivity index (χ2v) is 6.38. The standard InChI is InChI=1S/C12H10INO4S/c13-7-1-3-8(4-2-7)14-10(15)5-9(12(14)18)19-6-11(16)17/h1-4,9H,5-6H2,(H,16,17). The van der Waals surface area contributed by atoms with Crippen molar-refractivity contribution in [3.63, 3.8) is 0 Å². The normalized spacial score (nSPS) is 19.0. The molecule has 1 N–H and O–H groups in total. The average Bonchev–Trinajstić information content (AvgIpc) is 2.63. The highest BCUT2D eigenvalue weighted by molar-refractivity contribution is 14.1. The molecule has 1 aromatic carbocycles. The molecule has 1 atom stereocenters. The molecule has 0 bridgehead atoms. The highest BCUT2D eigenvalue weighted by Crippen LogP contribution is 2.29. The zero-order valence-electron chi connectivity index (χ0n) is 9.71. The number of anilines is 1. The Morgan fingerprint density at radius 1 is 1.37 bits per heavy atom. The fourth-order valence-electron chi connectivity index (χ4n) is 1.77. The number of aliphatic carboxylic acids is 1. The number of imide groups is 1. The monoisotopic (exact) mass is 391 g/mol. The average molecular weight is 391 g/mol. The number of hydrogen-bond acceptors (Lipinski definition) is 4. The van der Waals surface area contributed by atoms with E-state index in [1.165, 1.54) is 0 Å². The molecule has 0 aromatic heterocycles. The summed E-state index contributed by atoms with van der Waals surface area (Å²) in [6, 6.07) is 7.05. The Morgan fingerprint density at radius 2 is 2.00 bits per heavy atom. The van der Waals surface area contributed by atoms with E-state index in [1.807, 2.05) is 12.1 Å². The fourth-order valence-corrected chi connectivity index (χ4v) is 2.98. The first-order valence-electron chi connectivity index (χ1n) is 5.45. The molecule has 1 aromatic rings. The maximum atomic E-state index is 12.1. The third kappa shape index (κ3) is 3.27. The van der Waals surface area contributed by atoms with Crippen LogP contribution in [0.2, 0.25) is 0 Å². The molecule has 0 spiro atoms. The molecule has 19 heavy (non-hydrogen) atoms. The zero-order valence-corrected chi connectivity index (χ0v) is 12.7. The molecule has 5 nitrogen and oxygen atoms in total. The van der Waals surface area contributed by atoms with Crippen molar-refractivity contribution >= 4 is 57.8 Å². The Balaban J connectivity index is 2.14. The molecule has 7 heteroatoms. The van der Waals surface area contributed by atoms with Gasteiger partial charge in [-0.3, -0.25) is 14.4 Å². The van der Waals surface area contributed by atoms with Gasteiger partial charge in [-0.2, -0.15) is 0 Å². The summed E-state index contributed by atoms with van der Waals surface area (Å²) in [5.74, 6) is -1.78. The summed E-state index contributed by atoms with van der Waals surface area (Å²) >= 11 is 3.13. The highest BCUT2D eigenvalue weighted by atomic mass is 127. The van der Waals surface area contributed by atoms with Gasteiger partial charge < -0.3 is 5.11 Å². The molecule has 0 radical (unpaired) electrons. The van der Waals surface area contributed by atoms with E-state index < -0.39 is 11.2 Å². The van der Waals surface area contributed by atoms with Crippen molar-refractivity contribution in [1.29, 1.82) is 0 Å². The van der Waals surface area contributed by atoms with E-state index in [0.717, 1.165) is 20.2 Å². The lowest BCUT2D eigenvalue weighted by Crippen LogP contribution is -2.31. The summed E-state index contributed by atoms with van der Waals surface area (Å²) in [6.45, 7) is 0. The molecule has 1 heterocycles. The Bertz CT molecular complexity index is 531. The smallest absolute Gasteiger partial charge is 0.313 e. The Kier molecular flexibility index (Phi) is 4.46. The SMILES string of the molecule is O=C(O)CSC1CC(=O)N(c2ccc(I)cc2)C1=O. The highest BCUT2D eigenvalue weighted by Gasteiger charge is 2.39. The van der Waals surface area contributed by atoms with Gasteiger partial charge in [0.05, 0.1) is 16.7 Å². The number of carboxylic acids is 1. The van der Waals surface area contributed by atoms with Crippen LogP contribution >= 0.6 is 34.4 Å². The Hall–Kier alpha value is -1.09. The first-order chi connectivity index (χ1) is 8.99. The summed E-state index contributed by atoms with van der Waals surface area (Å²) in [5, 5.41) is 8.01. The minimum absolute atomic E-state index is 0.0583. The molecule has 1 aliphatic rings. The number of rotatable bonds is 4. The van der Waals surface area contributed by atoms with Crippen molar-refractivity contribution < 1.29 is 19.5 Å². The largest absolute Gasteiger partial charge is 0.481 e. The van der Waals surface area contributed by atoms with Crippen LogP contribution < -0.4 is 4.90 Å². The fraction of sp³-hybridized carbons (Fsp3) is 0.250. The van der Waals surface area contributed by atoms with Crippen LogP contribution in [0.3, 0.4) is 0 Å². The Labute approximate surface area is 127 Å². The zero-order chi connectivity index (χ0) is 14.0. The number of thioether (sulfide) groups is 1. The van der Waals surface area contributed by atoms with Gasteiger partial charge in [0.1, 0.15) is 0 Å². The first-order valence-corrected chi connectivity index (χ1v) is 7.57. The number of carbonyl (C=O) groups excluding carboxylic acids is 2. The van der Waals surface area contributed by atoms with Crippen molar-refractivity contribution in [3.05, 3.63) is 27.8 Å². The van der Waals surface area contributed by atoms with Crippen LogP contribution in [0.15, 0.2) is 24.3 Å². The van der Waals surface area contributed by atoms with Crippen molar-refractivity contribution in [2.75, 3.05) is 10.7 Å². The van der Waals surface area contributed by atoms with Crippen molar-refractivity contribution in [1.82, 2.24) is 0 Å². The number of carbonyl (C=O) groups is 3. The molecular weight excluding hydrogens is 381 g/mol. The molecule has 2 amide bonds. The summed E-state index contributed by atoms with van der Waals surface area (Å²) in [6.07, 6.45) is 0.0583. The van der Waals surface area contributed by atoms with E-state index in [9.17, 15) is 14.4 Å². The predicted molar refractivity (Wildman–Crippen MR) is 80.2 cm³/mol. The Morgan fingerprint density at radius 3 is 2.58 bits per heavy atom. The maximum Gasteiger partial charge on any atom is 0.313 e. The lowest BCUT2D eigenvalue weighted by molar-refractivity contribution is -0.134. The molecule has 1 fully saturated rings. The van der Waals surface area contributed by atoms with Gasteiger partial charge in [0.25, 0.3) is 0 Å². The van der Waals surface area contributed by atoms with Crippen LogP contribution in [-0.2, 0) is 14.4 Å². The third-order valence-electron chi connectivity index (χ3n) is 2.60. The number of carboxylic acid groups (broad SMARTS) is 1. The van der Waals surface area contributed by atoms with E-state index >= 15 is 0 Å². The summed E-state index contributed by atoms with van der Waals surface area (Å²) in [4.78, 5) is 35.6. The van der Waals surface area contributed by atoms with Crippen molar-refractivity contribution in [3.8, 4) is 0 Å². The topological polar surface area (TPSA) is 74.7 Å². The van der Waals surface area contributed by atoms with E-state index in [0.29, 0.717) is 5.69 Å². The molecule has 1 aliphatic heterocycles. The van der Waals surface area contributed by atoms with Crippen LogP contribution in [0.5, 0.6) is 0 Å². The van der Waals surface area contributed by atoms with Gasteiger partial charge in [-0.15, -0.1) is 11.8 Å². The number of hydrogen-bond donors (Lipinski definition) is 1. The summed E-state index contributed by atoms with van der Waals surface area (Å²) in [5.41, 5.74) is 0.536. The van der Waals surface area contributed by atoms with Gasteiger partial charge in [0.15, 0.2) is 0 Å². The third-order valence-corrected chi connectivity index (χ3v) is 4.50. The molecular formula is C12H10INO4S. The van der Waals surface area contributed by atoms with Gasteiger partial charge in [-0.05, 0) is 46.9 Å². The number of amides is 2. The van der Waals surface area contributed by atoms with Crippen LogP contribution in [0.1, 0.15) is 6.42 Å². The van der Waals surface area contributed by atoms with E-state index in [-0.39, 0.29) is 24.0 Å². The molecule has 2 rings (SSSR count). The second-order valence-electron chi connectivity index (χ2n) is 3.94. The van der Waals surface area contributed by atoms with E-state index in [2.05, 4.69) is 22.6 Å². The van der Waals surface area contributed by atoms with Gasteiger partial charge in [0, 0.05) is 9.99 Å². The van der Waals surface area contributed by atoms with E-state index in [4.69, 9.17) is 5.11 Å². The van der Waals surface area contributed by atoms with Gasteiger partial charge >= 0.3 is 5.97 Å². The molecule has 1 unspecified atom stereocenters. The second kappa shape index (κ2) is 5.91. The van der Waals surface area contributed by atoms with Crippen molar-refractivity contribution in [2.24, 2.45) is 0 Å². The van der Waals surface area contributed by atoms with E-state index in [1.54, 1.807) is 12.1 Å². The first kappa shape index (κ1) is 14.3.